The minimum Gasteiger partial charge on any atom is -0.339 e. The molecule has 1 N–H and O–H groups in total. The van der Waals surface area contributed by atoms with E-state index >= 15 is 0 Å². The first-order valence-electron chi connectivity index (χ1n) is 11.3. The Balaban J connectivity index is 1.36. The first-order chi connectivity index (χ1) is 15.1. The Bertz CT molecular complexity index is 1240. The van der Waals surface area contributed by atoms with Crippen molar-refractivity contribution in [3.63, 3.8) is 0 Å². The molecule has 0 unspecified atom stereocenters. The van der Waals surface area contributed by atoms with Crippen molar-refractivity contribution in [2.45, 2.75) is 65.7 Å². The number of benzene rings is 1. The number of H-pyrrole nitrogens is 1. The molecule has 2 aromatic heterocycles. The van der Waals surface area contributed by atoms with Crippen molar-refractivity contribution in [1.82, 2.24) is 20.1 Å². The van der Waals surface area contributed by atoms with Crippen LogP contribution in [0.3, 0.4) is 0 Å². The molecule has 1 aromatic carbocycles. The van der Waals surface area contributed by atoms with Crippen LogP contribution in [0.15, 0.2) is 12.3 Å². The van der Waals surface area contributed by atoms with E-state index < -0.39 is 0 Å². The second kappa shape index (κ2) is 7.24. The van der Waals surface area contributed by atoms with Crippen LogP contribution in [0.25, 0.3) is 10.9 Å². The van der Waals surface area contributed by atoms with Gasteiger partial charge in [-0.1, -0.05) is 20.8 Å². The highest BCUT2D eigenvalue weighted by Crippen LogP contribution is 2.46. The van der Waals surface area contributed by atoms with Crippen molar-refractivity contribution >= 4 is 33.9 Å². The van der Waals surface area contributed by atoms with Gasteiger partial charge in [0.2, 0.25) is 0 Å². The lowest BCUT2D eigenvalue weighted by atomic mass is 9.68. The third kappa shape index (κ3) is 3.38. The van der Waals surface area contributed by atoms with Crippen LogP contribution in [0.5, 0.6) is 0 Å². The number of hydrogen-bond acceptors (Lipinski definition) is 5. The van der Waals surface area contributed by atoms with E-state index in [1.165, 1.54) is 0 Å². The highest BCUT2D eigenvalue weighted by atomic mass is 32.1. The van der Waals surface area contributed by atoms with Gasteiger partial charge >= 0.3 is 0 Å². The molecule has 0 bridgehead atoms. The minimum absolute atomic E-state index is 0.0462. The Hall–Kier alpha value is -2.54. The van der Waals surface area contributed by atoms with Crippen molar-refractivity contribution in [2.75, 3.05) is 13.1 Å². The van der Waals surface area contributed by atoms with Crippen LogP contribution in [0.4, 0.5) is 0 Å². The molecule has 0 saturated carbocycles. The molecule has 2 aliphatic rings. The summed E-state index contributed by atoms with van der Waals surface area (Å²) < 4.78 is 0. The maximum absolute atomic E-state index is 13.4. The SMILES string of the molecule is Cc1cc(C(=O)N2CCC3(CC2)CC(=O)c2nc(C(C)(C)C)sc2C3)c2[nH]ncc2c1C. The fourth-order valence-electron chi connectivity index (χ4n) is 5.10. The summed E-state index contributed by atoms with van der Waals surface area (Å²) in [5.74, 6) is 0.221. The summed E-state index contributed by atoms with van der Waals surface area (Å²) in [7, 11) is 0. The van der Waals surface area contributed by atoms with E-state index in [9.17, 15) is 9.59 Å². The van der Waals surface area contributed by atoms with E-state index in [1.807, 2.05) is 17.9 Å². The molecule has 0 radical (unpaired) electrons. The number of carbonyl (C=O) groups excluding carboxylic acids is 2. The zero-order chi connectivity index (χ0) is 22.8. The number of aromatic nitrogens is 3. The Morgan fingerprint density at radius 2 is 1.91 bits per heavy atom. The lowest BCUT2D eigenvalue weighted by Gasteiger charge is -2.43. The van der Waals surface area contributed by atoms with Gasteiger partial charge in [0.1, 0.15) is 5.69 Å². The molecule has 5 rings (SSSR count). The van der Waals surface area contributed by atoms with Crippen LogP contribution in [0.2, 0.25) is 0 Å². The molecular formula is C25H30N4O2S. The van der Waals surface area contributed by atoms with Gasteiger partial charge in [-0.3, -0.25) is 14.7 Å². The first-order valence-corrected chi connectivity index (χ1v) is 12.2. The van der Waals surface area contributed by atoms with Gasteiger partial charge in [0.05, 0.1) is 22.3 Å². The molecule has 168 valence electrons. The van der Waals surface area contributed by atoms with Gasteiger partial charge < -0.3 is 4.90 Å². The number of rotatable bonds is 1. The third-order valence-corrected chi connectivity index (χ3v) is 8.76. The second-order valence-corrected chi connectivity index (χ2v) is 11.7. The Kier molecular flexibility index (Phi) is 4.82. The highest BCUT2D eigenvalue weighted by Gasteiger charge is 2.44. The number of ketones is 1. The molecule has 1 aliphatic heterocycles. The molecule has 0 atom stereocenters. The average Bonchev–Trinajstić information content (AvgIpc) is 3.38. The van der Waals surface area contributed by atoms with E-state index in [-0.39, 0.29) is 22.5 Å². The molecule has 1 amide bonds. The number of nitrogens with zero attached hydrogens (tertiary/aromatic N) is 3. The van der Waals surface area contributed by atoms with Crippen LogP contribution in [0.1, 0.15) is 81.9 Å². The quantitative estimate of drug-likeness (QED) is 0.567. The number of aromatic amines is 1. The van der Waals surface area contributed by atoms with Crippen molar-refractivity contribution in [3.8, 4) is 0 Å². The summed E-state index contributed by atoms with van der Waals surface area (Å²) in [6, 6.07) is 1.98. The van der Waals surface area contributed by atoms with Crippen molar-refractivity contribution in [2.24, 2.45) is 5.41 Å². The van der Waals surface area contributed by atoms with Gasteiger partial charge in [-0.15, -0.1) is 11.3 Å². The van der Waals surface area contributed by atoms with Gasteiger partial charge in [-0.25, -0.2) is 4.98 Å². The number of nitrogens with one attached hydrogen (secondary N) is 1. The summed E-state index contributed by atoms with van der Waals surface area (Å²) in [5, 5.41) is 9.23. The molecular weight excluding hydrogens is 420 g/mol. The Labute approximate surface area is 192 Å². The van der Waals surface area contributed by atoms with E-state index in [2.05, 4.69) is 37.9 Å². The van der Waals surface area contributed by atoms with Crippen molar-refractivity contribution < 1.29 is 9.59 Å². The smallest absolute Gasteiger partial charge is 0.256 e. The maximum Gasteiger partial charge on any atom is 0.256 e. The standard InChI is InChI=1S/C25H30N4O2S/c1-14-10-16(20-17(15(14)2)13-26-28-20)22(31)29-8-6-25(7-9-29)11-18(30)21-19(12-25)32-23(27-21)24(3,4)5/h10,13H,6-9,11-12H2,1-5H3,(H,26,28). The van der Waals surface area contributed by atoms with Gasteiger partial charge in [0, 0.05) is 35.2 Å². The second-order valence-electron chi connectivity index (χ2n) is 10.6. The number of fused-ring (bicyclic) bond motifs is 2. The zero-order valence-electron chi connectivity index (χ0n) is 19.5. The lowest BCUT2D eigenvalue weighted by Crippen LogP contribution is -2.46. The molecule has 3 aromatic rings. The van der Waals surface area contributed by atoms with E-state index in [1.54, 1.807) is 17.5 Å². The predicted molar refractivity (Wildman–Crippen MR) is 127 cm³/mol. The predicted octanol–water partition coefficient (Wildman–Crippen LogP) is 4.99. The highest BCUT2D eigenvalue weighted by molar-refractivity contribution is 7.12. The molecule has 1 fully saturated rings. The van der Waals surface area contributed by atoms with E-state index in [0.717, 1.165) is 51.2 Å². The summed E-state index contributed by atoms with van der Waals surface area (Å²) in [6.45, 7) is 11.9. The molecule has 32 heavy (non-hydrogen) atoms. The van der Waals surface area contributed by atoms with Gasteiger partial charge in [0.25, 0.3) is 5.91 Å². The zero-order valence-corrected chi connectivity index (χ0v) is 20.3. The summed E-state index contributed by atoms with van der Waals surface area (Å²) in [4.78, 5) is 34.2. The van der Waals surface area contributed by atoms with E-state index in [4.69, 9.17) is 4.98 Å². The largest absolute Gasteiger partial charge is 0.339 e. The number of amides is 1. The molecule has 1 aliphatic carbocycles. The number of Topliss-reactive ketones (excluding diaryl/α,β-unsaturated/α-hetero) is 1. The number of hydrogen-bond donors (Lipinski definition) is 1. The molecule has 3 heterocycles. The molecule has 1 spiro atoms. The fourth-order valence-corrected chi connectivity index (χ4v) is 6.41. The van der Waals surface area contributed by atoms with Gasteiger partial charge in [-0.2, -0.15) is 5.10 Å². The van der Waals surface area contributed by atoms with Crippen molar-refractivity contribution in [3.05, 3.63) is 44.5 Å². The number of aryl methyl sites for hydroxylation is 2. The lowest BCUT2D eigenvalue weighted by molar-refractivity contribution is 0.0523. The first kappa shape index (κ1) is 21.3. The monoisotopic (exact) mass is 450 g/mol. The summed E-state index contributed by atoms with van der Waals surface area (Å²) in [5.41, 5.74) is 4.36. The third-order valence-electron chi connectivity index (χ3n) is 7.28. The van der Waals surface area contributed by atoms with Crippen LogP contribution < -0.4 is 0 Å². The number of likely N-dealkylation sites (tertiary alicyclic amines) is 1. The van der Waals surface area contributed by atoms with Gasteiger partial charge in [-0.05, 0) is 55.7 Å². The summed E-state index contributed by atoms with van der Waals surface area (Å²) in [6.07, 6.45) is 4.95. The molecule has 6 nitrogen and oxygen atoms in total. The Morgan fingerprint density at radius 3 is 2.59 bits per heavy atom. The van der Waals surface area contributed by atoms with Crippen LogP contribution in [-0.4, -0.2) is 44.9 Å². The van der Waals surface area contributed by atoms with Crippen molar-refractivity contribution in [1.29, 1.82) is 0 Å². The van der Waals surface area contributed by atoms with Crippen LogP contribution >= 0.6 is 11.3 Å². The topological polar surface area (TPSA) is 79.0 Å². The van der Waals surface area contributed by atoms with Crippen LogP contribution in [-0.2, 0) is 11.8 Å². The number of carbonyl (C=O) groups is 2. The number of piperidine rings is 1. The van der Waals surface area contributed by atoms with Gasteiger partial charge in [0.15, 0.2) is 5.78 Å². The fraction of sp³-hybridized carbons (Fsp3) is 0.520. The van der Waals surface area contributed by atoms with E-state index in [0.29, 0.717) is 30.8 Å². The molecule has 1 saturated heterocycles. The minimum atomic E-state index is -0.0466. The number of thiazole rings is 1. The average molecular weight is 451 g/mol. The molecule has 7 heteroatoms. The summed E-state index contributed by atoms with van der Waals surface area (Å²) >= 11 is 1.70. The normalized spacial score (nSPS) is 18.4. The van der Waals surface area contributed by atoms with Crippen LogP contribution in [0, 0.1) is 19.3 Å². The Morgan fingerprint density at radius 1 is 1.19 bits per heavy atom. The maximum atomic E-state index is 13.4.